The molecule has 1 unspecified atom stereocenters. The third kappa shape index (κ3) is 4.04. The molecule has 0 N–H and O–H groups in total. The van der Waals surface area contributed by atoms with Crippen LogP contribution in [-0.2, 0) is 11.8 Å². The van der Waals surface area contributed by atoms with E-state index in [4.69, 9.17) is 4.52 Å². The largest absolute Gasteiger partial charge is 0.334 e. The minimum atomic E-state index is -0.183. The Bertz CT molecular complexity index is 988. The van der Waals surface area contributed by atoms with E-state index in [0.29, 0.717) is 18.3 Å². The first-order valence-corrected chi connectivity index (χ1v) is 10.2. The fraction of sp³-hybridized carbons (Fsp3) is 0.421. The van der Waals surface area contributed by atoms with Crippen LogP contribution in [0.1, 0.15) is 47.4 Å². The van der Waals surface area contributed by atoms with Crippen molar-refractivity contribution in [2.24, 2.45) is 7.05 Å². The lowest BCUT2D eigenvalue weighted by molar-refractivity contribution is -0.128. The van der Waals surface area contributed by atoms with E-state index < -0.39 is 0 Å². The van der Waals surface area contributed by atoms with Crippen molar-refractivity contribution in [1.29, 1.82) is 0 Å². The molecule has 4 rings (SSSR count). The molecule has 3 aromatic rings. The lowest BCUT2D eigenvalue weighted by Gasteiger charge is -2.26. The van der Waals surface area contributed by atoms with Gasteiger partial charge in [0.1, 0.15) is 0 Å². The highest BCUT2D eigenvalue weighted by Crippen LogP contribution is 2.30. The van der Waals surface area contributed by atoms with Crippen molar-refractivity contribution in [2.75, 3.05) is 6.54 Å². The Kier molecular flexibility index (Phi) is 5.34. The van der Waals surface area contributed by atoms with E-state index in [0.717, 1.165) is 41.1 Å². The van der Waals surface area contributed by atoms with Crippen molar-refractivity contribution in [1.82, 2.24) is 29.8 Å². The second-order valence-corrected chi connectivity index (χ2v) is 8.14. The SMILES string of the molecule is Cc1ncc(C=CC(=O)N2CCCCCC2c2noc(-c3cnn(C)c3)n2)s1. The van der Waals surface area contributed by atoms with E-state index in [1.54, 1.807) is 34.5 Å². The van der Waals surface area contributed by atoms with E-state index in [9.17, 15) is 4.79 Å². The number of hydrogen-bond acceptors (Lipinski definition) is 7. The number of aromatic nitrogens is 5. The van der Waals surface area contributed by atoms with Gasteiger partial charge in [-0.25, -0.2) is 4.98 Å². The van der Waals surface area contributed by atoms with E-state index in [1.807, 2.05) is 31.1 Å². The molecule has 0 radical (unpaired) electrons. The molecule has 1 amide bonds. The van der Waals surface area contributed by atoms with Gasteiger partial charge in [0.25, 0.3) is 5.89 Å². The normalized spacial score (nSPS) is 17.9. The summed E-state index contributed by atoms with van der Waals surface area (Å²) in [6.07, 6.45) is 12.7. The van der Waals surface area contributed by atoms with Crippen LogP contribution < -0.4 is 0 Å². The van der Waals surface area contributed by atoms with Crippen molar-refractivity contribution in [3.05, 3.63) is 40.4 Å². The van der Waals surface area contributed by atoms with Gasteiger partial charge in [-0.05, 0) is 25.8 Å². The van der Waals surface area contributed by atoms with Gasteiger partial charge in [0, 0.05) is 36.9 Å². The van der Waals surface area contributed by atoms with Gasteiger partial charge >= 0.3 is 0 Å². The molecule has 4 heterocycles. The number of aryl methyl sites for hydroxylation is 2. The molecule has 0 aromatic carbocycles. The summed E-state index contributed by atoms with van der Waals surface area (Å²) in [6.45, 7) is 2.64. The van der Waals surface area contributed by atoms with Crippen LogP contribution in [0.2, 0.25) is 0 Å². The van der Waals surface area contributed by atoms with Crippen LogP contribution in [0.15, 0.2) is 29.2 Å². The number of rotatable bonds is 4. The van der Waals surface area contributed by atoms with E-state index >= 15 is 0 Å². The molecule has 0 aliphatic carbocycles. The Balaban J connectivity index is 1.56. The highest BCUT2D eigenvalue weighted by Gasteiger charge is 2.29. The molecule has 0 spiro atoms. The van der Waals surface area contributed by atoms with Crippen molar-refractivity contribution in [3.63, 3.8) is 0 Å². The topological polar surface area (TPSA) is 89.9 Å². The Morgan fingerprint density at radius 1 is 1.32 bits per heavy atom. The van der Waals surface area contributed by atoms with Gasteiger partial charge < -0.3 is 9.42 Å². The third-order valence-corrected chi connectivity index (χ3v) is 5.63. The van der Waals surface area contributed by atoms with Crippen LogP contribution in [0, 0.1) is 6.92 Å². The first kappa shape index (κ1) is 18.5. The number of hydrogen-bond donors (Lipinski definition) is 0. The average molecular weight is 398 g/mol. The Hall–Kier alpha value is -2.81. The van der Waals surface area contributed by atoms with Crippen molar-refractivity contribution in [2.45, 2.75) is 38.6 Å². The van der Waals surface area contributed by atoms with Gasteiger partial charge in [-0.2, -0.15) is 10.1 Å². The lowest BCUT2D eigenvalue weighted by Crippen LogP contribution is -2.34. The van der Waals surface area contributed by atoms with Crippen LogP contribution in [0.25, 0.3) is 17.5 Å². The number of nitrogens with zero attached hydrogens (tertiary/aromatic N) is 6. The molecule has 1 aliphatic rings. The van der Waals surface area contributed by atoms with E-state index in [-0.39, 0.29) is 11.9 Å². The minimum Gasteiger partial charge on any atom is -0.334 e. The summed E-state index contributed by atoms with van der Waals surface area (Å²) in [4.78, 5) is 24.5. The van der Waals surface area contributed by atoms with Gasteiger partial charge in [-0.15, -0.1) is 11.3 Å². The highest BCUT2D eigenvalue weighted by molar-refractivity contribution is 7.12. The monoisotopic (exact) mass is 398 g/mol. The quantitative estimate of drug-likeness (QED) is 0.626. The molecule has 0 bridgehead atoms. The second kappa shape index (κ2) is 8.05. The average Bonchev–Trinajstić information content (AvgIpc) is 3.38. The van der Waals surface area contributed by atoms with Gasteiger partial charge in [-0.3, -0.25) is 9.48 Å². The number of amides is 1. The Morgan fingerprint density at radius 3 is 2.96 bits per heavy atom. The molecule has 1 saturated heterocycles. The maximum atomic E-state index is 12.9. The molecule has 1 aliphatic heterocycles. The van der Waals surface area contributed by atoms with E-state index in [2.05, 4.69) is 20.2 Å². The first-order valence-electron chi connectivity index (χ1n) is 9.34. The zero-order valence-electron chi connectivity index (χ0n) is 15.9. The predicted molar refractivity (Wildman–Crippen MR) is 105 cm³/mol. The van der Waals surface area contributed by atoms with Gasteiger partial charge in [0.2, 0.25) is 5.91 Å². The number of carbonyl (C=O) groups excluding carboxylic acids is 1. The second-order valence-electron chi connectivity index (χ2n) is 6.87. The van der Waals surface area contributed by atoms with Gasteiger partial charge in [-0.1, -0.05) is 18.0 Å². The predicted octanol–water partition coefficient (Wildman–Crippen LogP) is 3.39. The highest BCUT2D eigenvalue weighted by atomic mass is 32.1. The maximum absolute atomic E-state index is 12.9. The number of likely N-dealkylation sites (tertiary alicyclic amines) is 1. The maximum Gasteiger partial charge on any atom is 0.261 e. The zero-order valence-corrected chi connectivity index (χ0v) is 16.7. The molecular formula is C19H22N6O2S. The van der Waals surface area contributed by atoms with Crippen LogP contribution in [0.3, 0.4) is 0 Å². The van der Waals surface area contributed by atoms with Crippen LogP contribution >= 0.6 is 11.3 Å². The summed E-state index contributed by atoms with van der Waals surface area (Å²) in [5.74, 6) is 0.942. The first-order chi connectivity index (χ1) is 13.6. The third-order valence-electron chi connectivity index (χ3n) is 4.76. The van der Waals surface area contributed by atoms with Crippen LogP contribution in [-0.4, -0.2) is 42.3 Å². The number of carbonyl (C=O) groups is 1. The fourth-order valence-corrected chi connectivity index (χ4v) is 4.05. The smallest absolute Gasteiger partial charge is 0.261 e. The Morgan fingerprint density at radius 2 is 2.21 bits per heavy atom. The van der Waals surface area contributed by atoms with Crippen molar-refractivity contribution >= 4 is 23.3 Å². The van der Waals surface area contributed by atoms with Gasteiger partial charge in [0.05, 0.1) is 22.8 Å². The molecule has 8 nitrogen and oxygen atoms in total. The van der Waals surface area contributed by atoms with Crippen LogP contribution in [0.5, 0.6) is 0 Å². The summed E-state index contributed by atoms with van der Waals surface area (Å²) >= 11 is 1.56. The summed E-state index contributed by atoms with van der Waals surface area (Å²) in [6, 6.07) is -0.183. The summed E-state index contributed by atoms with van der Waals surface area (Å²) in [5.41, 5.74) is 0.771. The molecule has 9 heteroatoms. The molecule has 28 heavy (non-hydrogen) atoms. The zero-order chi connectivity index (χ0) is 19.5. The van der Waals surface area contributed by atoms with E-state index in [1.165, 1.54) is 0 Å². The molecule has 0 saturated carbocycles. The van der Waals surface area contributed by atoms with Crippen molar-refractivity contribution in [3.8, 4) is 11.5 Å². The molecule has 1 atom stereocenters. The van der Waals surface area contributed by atoms with Crippen LogP contribution in [0.4, 0.5) is 0 Å². The molecule has 3 aromatic heterocycles. The van der Waals surface area contributed by atoms with Gasteiger partial charge in [0.15, 0.2) is 5.82 Å². The standard InChI is InChI=1S/C19H22N6O2S/c1-13-20-11-15(28-13)7-8-17(26)25-9-5-3-4-6-16(25)18-22-19(27-23-18)14-10-21-24(2)12-14/h7-8,10-12,16H,3-6,9H2,1-2H3. The molecule has 1 fully saturated rings. The molecular weight excluding hydrogens is 376 g/mol. The summed E-state index contributed by atoms with van der Waals surface area (Å²) < 4.78 is 7.13. The minimum absolute atomic E-state index is 0.0364. The fourth-order valence-electron chi connectivity index (χ4n) is 3.36. The Labute approximate surface area is 166 Å². The summed E-state index contributed by atoms with van der Waals surface area (Å²) in [7, 11) is 1.84. The molecule has 146 valence electrons. The van der Waals surface area contributed by atoms with Crippen molar-refractivity contribution < 1.29 is 9.32 Å². The number of thiazole rings is 1. The lowest BCUT2D eigenvalue weighted by atomic mass is 10.1. The summed E-state index contributed by atoms with van der Waals surface area (Å²) in [5, 5.41) is 9.29.